The molecule has 2 atom stereocenters. The summed E-state index contributed by atoms with van der Waals surface area (Å²) in [6.45, 7) is 3.03. The van der Waals surface area contributed by atoms with Crippen LogP contribution < -0.4 is 52.9 Å². The lowest BCUT2D eigenvalue weighted by Gasteiger charge is -2.31. The lowest BCUT2D eigenvalue weighted by molar-refractivity contribution is -0.925. The molecule has 10 heteroatoms. The minimum atomic E-state index is 0. The molecule has 2 unspecified atom stereocenters. The molecule has 0 bridgehead atoms. The summed E-state index contributed by atoms with van der Waals surface area (Å²) in [7, 11) is 2.34. The number of nitrogens with zero attached hydrogens (tertiary/aromatic N) is 2. The molecule has 0 amide bonds. The van der Waals surface area contributed by atoms with Crippen LogP contribution in [-0.4, -0.2) is 39.9 Å². The van der Waals surface area contributed by atoms with Gasteiger partial charge in [0.1, 0.15) is 5.75 Å². The quantitative estimate of drug-likeness (QED) is 0.196. The molecule has 224 valence electrons. The van der Waals surface area contributed by atoms with Gasteiger partial charge >= 0.3 is 5.56 Å². The van der Waals surface area contributed by atoms with Crippen molar-refractivity contribution in [2.24, 2.45) is 0 Å². The van der Waals surface area contributed by atoms with Crippen LogP contribution in [0, 0.1) is 0 Å². The summed E-state index contributed by atoms with van der Waals surface area (Å²) in [5.41, 5.74) is 4.58. The van der Waals surface area contributed by atoms with E-state index in [-0.39, 0.29) is 60.0 Å². The van der Waals surface area contributed by atoms with E-state index in [4.69, 9.17) is 0 Å². The second kappa shape index (κ2) is 14.8. The SMILES string of the molecule is C[N+]1(Cc2ccc3ccccc3[nH+]2)CCCC(n2[nH+]c(Cc3ccc(O)cc3)c3ccccc3c2=O)CC1.O.[Cl-].[Cl-].[Cl-]. The van der Waals surface area contributed by atoms with Crippen molar-refractivity contribution in [1.29, 1.82) is 0 Å². The summed E-state index contributed by atoms with van der Waals surface area (Å²) < 4.78 is 2.85. The van der Waals surface area contributed by atoms with Gasteiger partial charge in [-0.25, -0.2) is 4.98 Å². The fraction of sp³-hybridized carbons (Fsp3) is 0.281. The van der Waals surface area contributed by atoms with Crippen LogP contribution in [0.4, 0.5) is 0 Å². The van der Waals surface area contributed by atoms with E-state index < -0.39 is 0 Å². The second-order valence-corrected chi connectivity index (χ2v) is 11.0. The van der Waals surface area contributed by atoms with E-state index in [1.807, 2.05) is 41.1 Å². The molecule has 1 saturated heterocycles. The largest absolute Gasteiger partial charge is 1.00 e. The number of hydrogen-bond donors (Lipinski definition) is 1. The molecule has 5 N–H and O–H groups in total. The number of aromatic hydroxyl groups is 1. The first-order chi connectivity index (χ1) is 18.5. The van der Waals surface area contributed by atoms with E-state index in [0.717, 1.165) is 65.4 Å². The molecule has 6 rings (SSSR count). The number of aromatic amines is 2. The number of nitrogens with one attached hydrogen (secondary N) is 2. The summed E-state index contributed by atoms with van der Waals surface area (Å²) in [5, 5.41) is 16.2. The Hall–Kier alpha value is -3.20. The number of aromatic nitrogens is 3. The summed E-state index contributed by atoms with van der Waals surface area (Å²) in [4.78, 5) is 17.3. The van der Waals surface area contributed by atoms with Gasteiger partial charge < -0.3 is 52.3 Å². The molecule has 7 nitrogen and oxygen atoms in total. The highest BCUT2D eigenvalue weighted by Gasteiger charge is 2.33. The van der Waals surface area contributed by atoms with Crippen molar-refractivity contribution in [2.75, 3.05) is 20.1 Å². The van der Waals surface area contributed by atoms with Crippen LogP contribution in [-0.2, 0) is 13.0 Å². The third-order valence-electron chi connectivity index (χ3n) is 8.15. The van der Waals surface area contributed by atoms with Gasteiger partial charge in [0.2, 0.25) is 16.9 Å². The Morgan fingerprint density at radius 1 is 0.857 bits per heavy atom. The minimum absolute atomic E-state index is 0. The van der Waals surface area contributed by atoms with Crippen molar-refractivity contribution >= 4 is 21.7 Å². The summed E-state index contributed by atoms with van der Waals surface area (Å²) in [6.07, 6.45) is 3.65. The zero-order valence-corrected chi connectivity index (χ0v) is 25.8. The molecule has 3 heterocycles. The fourth-order valence-corrected chi connectivity index (χ4v) is 6.04. The summed E-state index contributed by atoms with van der Waals surface area (Å²) in [6, 6.07) is 28.1. The van der Waals surface area contributed by atoms with E-state index in [9.17, 15) is 9.90 Å². The Balaban J connectivity index is 0.00000154. The number of phenolic OH excluding ortho intramolecular Hbond substituents is 1. The van der Waals surface area contributed by atoms with Gasteiger partial charge in [-0.3, -0.25) is 4.79 Å². The van der Waals surface area contributed by atoms with Gasteiger partial charge in [0.25, 0.3) is 0 Å². The van der Waals surface area contributed by atoms with Crippen molar-refractivity contribution in [3.63, 3.8) is 0 Å². The lowest BCUT2D eigenvalue weighted by atomic mass is 10.0. The van der Waals surface area contributed by atoms with Crippen molar-refractivity contribution in [3.8, 4) is 5.75 Å². The van der Waals surface area contributed by atoms with Gasteiger partial charge in [-0.15, -0.1) is 9.78 Å². The number of quaternary nitrogens is 1. The maximum Gasteiger partial charge on any atom is 0.308 e. The molecule has 0 spiro atoms. The molecule has 42 heavy (non-hydrogen) atoms. The summed E-state index contributed by atoms with van der Waals surface area (Å²) in [5.74, 6) is 0.258. The van der Waals surface area contributed by atoms with E-state index in [0.29, 0.717) is 6.42 Å². The number of phenols is 1. The van der Waals surface area contributed by atoms with Crippen molar-refractivity contribution in [2.45, 2.75) is 38.3 Å². The highest BCUT2D eigenvalue weighted by Crippen LogP contribution is 2.26. The zero-order valence-electron chi connectivity index (χ0n) is 23.5. The first-order valence-corrected chi connectivity index (χ1v) is 13.5. The first-order valence-electron chi connectivity index (χ1n) is 13.5. The van der Waals surface area contributed by atoms with Crippen LogP contribution in [0.2, 0.25) is 0 Å². The molecule has 2 aromatic heterocycles. The van der Waals surface area contributed by atoms with Crippen molar-refractivity contribution in [1.82, 2.24) is 4.68 Å². The number of hydrogen-bond acceptors (Lipinski definition) is 2. The van der Waals surface area contributed by atoms with Gasteiger partial charge in [-0.05, 0) is 54.8 Å². The number of benzene rings is 3. The molecule has 1 fully saturated rings. The molecular formula is C32H37Cl3N4O3. The zero-order chi connectivity index (χ0) is 26.1. The molecule has 0 aliphatic carbocycles. The predicted molar refractivity (Wildman–Crippen MR) is 152 cm³/mol. The third-order valence-corrected chi connectivity index (χ3v) is 8.15. The third kappa shape index (κ3) is 7.41. The molecular weight excluding hydrogens is 595 g/mol. The number of H-pyrrole nitrogens is 2. The maximum absolute atomic E-state index is 13.7. The molecule has 3 aromatic carbocycles. The Labute approximate surface area is 264 Å². The first kappa shape index (κ1) is 35.0. The van der Waals surface area contributed by atoms with Gasteiger partial charge in [0.15, 0.2) is 6.54 Å². The highest BCUT2D eigenvalue weighted by atomic mass is 35.5. The van der Waals surface area contributed by atoms with Crippen LogP contribution >= 0.6 is 0 Å². The summed E-state index contributed by atoms with van der Waals surface area (Å²) >= 11 is 0. The smallest absolute Gasteiger partial charge is 0.308 e. The second-order valence-electron chi connectivity index (χ2n) is 11.0. The lowest BCUT2D eigenvalue weighted by Crippen LogP contribution is -3.00. The molecule has 5 aromatic rings. The molecule has 0 radical (unpaired) electrons. The predicted octanol–water partition coefficient (Wildman–Crippen LogP) is -5.36. The Morgan fingerprint density at radius 2 is 1.55 bits per heavy atom. The van der Waals surface area contributed by atoms with E-state index in [2.05, 4.69) is 53.5 Å². The van der Waals surface area contributed by atoms with Gasteiger partial charge in [0, 0.05) is 23.9 Å². The van der Waals surface area contributed by atoms with Crippen LogP contribution in [0.5, 0.6) is 5.75 Å². The Kier molecular flexibility index (Phi) is 12.3. The molecule has 1 aliphatic heterocycles. The number of pyridine rings is 1. The molecule has 1 aliphatic rings. The van der Waals surface area contributed by atoms with E-state index >= 15 is 0 Å². The average molecular weight is 632 g/mol. The molecule has 0 saturated carbocycles. The number of likely N-dealkylation sites (tertiary alicyclic amines) is 1. The number of halogens is 3. The van der Waals surface area contributed by atoms with Crippen LogP contribution in [0.3, 0.4) is 0 Å². The standard InChI is InChI=1S/C32H32N4O2.3ClH.H2O/c1-36(22-25-15-14-24-7-2-5-11-30(24)33-25)19-6-8-26(18-20-36)35-32(38)29-10-4-3-9-28(29)31(34-35)21-23-12-16-27(37)17-13-23;;;;/h2-5,7,9-17,26H,6,8,18-22H2,1H3;3*1H;1H2. The number of para-hydroxylation sites is 1. The fourth-order valence-electron chi connectivity index (χ4n) is 6.04. The topological polar surface area (TPSA) is 102 Å². The van der Waals surface area contributed by atoms with Crippen molar-refractivity contribution < 1.29 is 62.4 Å². The Bertz CT molecular complexity index is 1680. The van der Waals surface area contributed by atoms with Crippen LogP contribution in [0.25, 0.3) is 21.7 Å². The Morgan fingerprint density at radius 3 is 2.31 bits per heavy atom. The number of fused-ring (bicyclic) bond motifs is 2. The number of rotatable bonds is 5. The maximum atomic E-state index is 13.7. The average Bonchev–Trinajstić information content (AvgIpc) is 3.13. The van der Waals surface area contributed by atoms with Crippen molar-refractivity contribution in [3.05, 3.63) is 112 Å². The normalized spacial score (nSPS) is 18.1. The van der Waals surface area contributed by atoms with Gasteiger partial charge in [-0.1, -0.05) is 36.4 Å². The van der Waals surface area contributed by atoms with Crippen LogP contribution in [0.1, 0.15) is 42.3 Å². The van der Waals surface area contributed by atoms with Gasteiger partial charge in [0.05, 0.1) is 43.4 Å². The monoisotopic (exact) mass is 630 g/mol. The highest BCUT2D eigenvalue weighted by molar-refractivity contribution is 5.83. The van der Waals surface area contributed by atoms with E-state index in [1.54, 1.807) is 12.1 Å². The van der Waals surface area contributed by atoms with Gasteiger partial charge in [-0.2, -0.15) is 0 Å². The van der Waals surface area contributed by atoms with Crippen LogP contribution in [0.15, 0.2) is 89.7 Å². The van der Waals surface area contributed by atoms with E-state index in [1.165, 1.54) is 16.6 Å². The minimum Gasteiger partial charge on any atom is -1.00 e.